The summed E-state index contributed by atoms with van der Waals surface area (Å²) in [5, 5.41) is 2.48. The first-order valence-corrected chi connectivity index (χ1v) is 12.3. The second-order valence-electron chi connectivity index (χ2n) is 10.7. The molecular formula is C30H28BN2O2+. The van der Waals surface area contributed by atoms with E-state index in [1.165, 1.54) is 38.9 Å². The maximum atomic E-state index is 6.38. The van der Waals surface area contributed by atoms with Gasteiger partial charge in [0.25, 0.3) is 0 Å². The number of hydrogen-bond donors (Lipinski definition) is 0. The van der Waals surface area contributed by atoms with Crippen molar-refractivity contribution in [3.8, 4) is 0 Å². The molecule has 3 heterocycles. The second kappa shape index (κ2) is 7.06. The number of hydrogen-bond acceptors (Lipinski definition) is 2. The zero-order chi connectivity index (χ0) is 23.9. The largest absolute Gasteiger partial charge is 0.494 e. The van der Waals surface area contributed by atoms with E-state index in [4.69, 9.17) is 9.31 Å². The molecule has 0 N–H and O–H groups in total. The molecule has 4 nitrogen and oxygen atoms in total. The van der Waals surface area contributed by atoms with Crippen LogP contribution in [-0.2, 0) is 9.31 Å². The lowest BCUT2D eigenvalue weighted by atomic mass is 9.78. The molecule has 0 spiro atoms. The summed E-state index contributed by atoms with van der Waals surface area (Å²) in [6.45, 7) is 8.41. The Morgan fingerprint density at radius 1 is 0.829 bits per heavy atom. The summed E-state index contributed by atoms with van der Waals surface area (Å²) >= 11 is 0. The van der Waals surface area contributed by atoms with Crippen molar-refractivity contribution in [2.24, 2.45) is 0 Å². The summed E-state index contributed by atoms with van der Waals surface area (Å²) in [4.78, 5) is 0. The topological polar surface area (TPSA) is 26.4 Å². The molecule has 2 aliphatic heterocycles. The quantitative estimate of drug-likeness (QED) is 0.270. The molecule has 0 bridgehead atoms. The Kier molecular flexibility index (Phi) is 4.22. The highest BCUT2D eigenvalue weighted by atomic mass is 16.7. The smallest absolute Gasteiger partial charge is 0.399 e. The molecular weight excluding hydrogens is 431 g/mol. The van der Waals surface area contributed by atoms with E-state index in [1.54, 1.807) is 0 Å². The fraction of sp³-hybridized carbons (Fsp3) is 0.233. The van der Waals surface area contributed by atoms with Gasteiger partial charge in [0, 0.05) is 35.0 Å². The van der Waals surface area contributed by atoms with E-state index >= 15 is 0 Å². The Labute approximate surface area is 205 Å². The van der Waals surface area contributed by atoms with Crippen LogP contribution in [-0.4, -0.2) is 28.6 Å². The Hall–Kier alpha value is -3.41. The first-order valence-electron chi connectivity index (χ1n) is 12.3. The molecule has 0 radical (unpaired) electrons. The number of benzene rings is 3. The van der Waals surface area contributed by atoms with Gasteiger partial charge < -0.3 is 13.9 Å². The highest BCUT2D eigenvalue weighted by Crippen LogP contribution is 2.43. The monoisotopic (exact) mass is 459 g/mol. The Bertz CT molecular complexity index is 1590. The van der Waals surface area contributed by atoms with Crippen molar-refractivity contribution in [3.05, 3.63) is 91.0 Å². The first kappa shape index (κ1) is 20.9. The van der Waals surface area contributed by atoms with E-state index in [9.17, 15) is 0 Å². The third-order valence-corrected chi connectivity index (χ3v) is 8.12. The number of para-hydroxylation sites is 2. The van der Waals surface area contributed by atoms with Crippen LogP contribution >= 0.6 is 0 Å². The van der Waals surface area contributed by atoms with Gasteiger partial charge >= 0.3 is 7.12 Å². The fourth-order valence-corrected chi connectivity index (χ4v) is 5.65. The van der Waals surface area contributed by atoms with Crippen LogP contribution in [0.5, 0.6) is 0 Å². The van der Waals surface area contributed by atoms with Gasteiger partial charge in [-0.25, -0.2) is 0 Å². The Morgan fingerprint density at radius 3 is 2.37 bits per heavy atom. The van der Waals surface area contributed by atoms with Gasteiger partial charge in [-0.3, -0.25) is 0 Å². The van der Waals surface area contributed by atoms with Crippen LogP contribution in [0.4, 0.5) is 11.4 Å². The lowest BCUT2D eigenvalue weighted by Gasteiger charge is -2.32. The van der Waals surface area contributed by atoms with Gasteiger partial charge in [-0.15, -0.1) is 0 Å². The van der Waals surface area contributed by atoms with Crippen molar-refractivity contribution in [1.82, 2.24) is 9.14 Å². The van der Waals surface area contributed by atoms with Gasteiger partial charge in [0.1, 0.15) is 11.6 Å². The normalized spacial score (nSPS) is 21.8. The Morgan fingerprint density at radius 2 is 1.60 bits per heavy atom. The van der Waals surface area contributed by atoms with Crippen LogP contribution in [0.15, 0.2) is 91.0 Å². The van der Waals surface area contributed by atoms with Crippen molar-refractivity contribution in [2.45, 2.75) is 44.9 Å². The van der Waals surface area contributed by atoms with Gasteiger partial charge in [-0.1, -0.05) is 60.7 Å². The van der Waals surface area contributed by atoms with Gasteiger partial charge in [0.2, 0.25) is 17.1 Å². The number of aromatic nitrogens is 1. The molecule has 1 saturated heterocycles. The molecule has 0 amide bonds. The molecule has 5 heteroatoms. The minimum absolute atomic E-state index is 0.123. The molecule has 172 valence electrons. The average molecular weight is 459 g/mol. The minimum atomic E-state index is -0.378. The molecule has 3 aromatic carbocycles. The van der Waals surface area contributed by atoms with E-state index < -0.39 is 0 Å². The van der Waals surface area contributed by atoms with E-state index in [0.29, 0.717) is 0 Å². The molecule has 3 aliphatic rings. The highest BCUT2D eigenvalue weighted by molar-refractivity contribution is 6.62. The molecule has 1 aromatic heterocycles. The van der Waals surface area contributed by atoms with Gasteiger partial charge in [-0.05, 0) is 39.2 Å². The maximum absolute atomic E-state index is 6.38. The van der Waals surface area contributed by atoms with Crippen LogP contribution in [0.1, 0.15) is 33.7 Å². The minimum Gasteiger partial charge on any atom is -0.399 e. The predicted molar refractivity (Wildman–Crippen MR) is 145 cm³/mol. The van der Waals surface area contributed by atoms with Crippen molar-refractivity contribution in [1.29, 1.82) is 0 Å². The van der Waals surface area contributed by atoms with Crippen LogP contribution in [0.25, 0.3) is 21.8 Å². The van der Waals surface area contributed by atoms with Crippen molar-refractivity contribution < 1.29 is 9.31 Å². The Balaban J connectivity index is 1.48. The average Bonchev–Trinajstić information content (AvgIpc) is 3.30. The molecule has 1 fully saturated rings. The molecule has 1 unspecified atom stereocenters. The van der Waals surface area contributed by atoms with Gasteiger partial charge in [0.15, 0.2) is 0 Å². The fourth-order valence-electron chi connectivity index (χ4n) is 5.65. The van der Waals surface area contributed by atoms with E-state index in [-0.39, 0.29) is 24.4 Å². The van der Waals surface area contributed by atoms with Crippen molar-refractivity contribution in [3.63, 3.8) is 0 Å². The maximum Gasteiger partial charge on any atom is 0.494 e. The summed E-state index contributed by atoms with van der Waals surface area (Å²) in [7, 11) is -0.378. The number of rotatable bonds is 2. The van der Waals surface area contributed by atoms with Gasteiger partial charge in [-0.2, -0.15) is 4.58 Å². The predicted octanol–water partition coefficient (Wildman–Crippen LogP) is 6.05. The summed E-state index contributed by atoms with van der Waals surface area (Å²) in [5.41, 5.74) is 6.44. The van der Waals surface area contributed by atoms with Crippen LogP contribution in [0.3, 0.4) is 0 Å². The van der Waals surface area contributed by atoms with Gasteiger partial charge in [0.05, 0.1) is 16.7 Å². The third-order valence-electron chi connectivity index (χ3n) is 8.12. The molecule has 7 rings (SSSR count). The van der Waals surface area contributed by atoms with E-state index in [2.05, 4.69) is 128 Å². The SMILES string of the molecule is CC1(C)OB(c2ccc3c(c2)c2cccc4c2n3C2C=CC=CC2=[N+]4c2ccccc2)OC1(C)C. The molecule has 4 aromatic rings. The van der Waals surface area contributed by atoms with E-state index in [1.807, 2.05) is 0 Å². The van der Waals surface area contributed by atoms with Crippen molar-refractivity contribution in [2.75, 3.05) is 0 Å². The zero-order valence-corrected chi connectivity index (χ0v) is 20.5. The lowest BCUT2D eigenvalue weighted by Crippen LogP contribution is -2.41. The molecule has 1 atom stereocenters. The summed E-state index contributed by atoms with van der Waals surface area (Å²) < 4.78 is 17.7. The summed E-state index contributed by atoms with van der Waals surface area (Å²) in [6, 6.07) is 24.1. The zero-order valence-electron chi connectivity index (χ0n) is 20.5. The second-order valence-corrected chi connectivity index (χ2v) is 10.7. The van der Waals surface area contributed by atoms with Crippen LogP contribution in [0.2, 0.25) is 0 Å². The summed E-state index contributed by atoms with van der Waals surface area (Å²) in [6.07, 6.45) is 8.82. The first-order chi connectivity index (χ1) is 16.9. The van der Waals surface area contributed by atoms with Crippen LogP contribution in [0, 0.1) is 0 Å². The molecule has 0 saturated carbocycles. The number of fused-ring (bicyclic) bond motifs is 5. The standard InChI is InChI=1S/C30H28BN2O2/c1-29(2)30(3,4)35-31(34-29)20-17-18-24-23(19-20)22-13-10-16-27-28(22)33(24)26-15-9-8-14-25(26)32(27)21-11-6-5-7-12-21/h5-19,26H,1-4H3/q+1. The van der Waals surface area contributed by atoms with Crippen LogP contribution < -0.4 is 10.0 Å². The van der Waals surface area contributed by atoms with Crippen molar-refractivity contribution >= 4 is 51.5 Å². The number of nitrogens with zero attached hydrogens (tertiary/aromatic N) is 2. The third kappa shape index (κ3) is 2.86. The molecule has 1 aliphatic carbocycles. The summed E-state index contributed by atoms with van der Waals surface area (Å²) in [5.74, 6) is 0. The lowest BCUT2D eigenvalue weighted by molar-refractivity contribution is 0.00578. The highest BCUT2D eigenvalue weighted by Gasteiger charge is 2.51. The molecule has 35 heavy (non-hydrogen) atoms. The van der Waals surface area contributed by atoms with E-state index in [0.717, 1.165) is 5.46 Å². The number of allylic oxidation sites excluding steroid dienone is 4.